The summed E-state index contributed by atoms with van der Waals surface area (Å²) in [4.78, 5) is 3.86. The van der Waals surface area contributed by atoms with Crippen LogP contribution in [-0.4, -0.2) is 15.2 Å². The molecule has 2 aromatic rings. The first-order valence-corrected chi connectivity index (χ1v) is 4.38. The van der Waals surface area contributed by atoms with E-state index in [-0.39, 0.29) is 5.82 Å². The van der Waals surface area contributed by atoms with Gasteiger partial charge in [-0.1, -0.05) is 6.07 Å². The van der Waals surface area contributed by atoms with E-state index < -0.39 is 0 Å². The van der Waals surface area contributed by atoms with E-state index in [2.05, 4.69) is 31.1 Å². The number of aromatic nitrogens is 3. The molecule has 1 N–H and O–H groups in total. The van der Waals surface area contributed by atoms with Gasteiger partial charge in [0.05, 0.1) is 10.0 Å². The van der Waals surface area contributed by atoms with Crippen molar-refractivity contribution in [1.29, 1.82) is 0 Å². The SMILES string of the molecule is Fc1c(Br)cccc1-c1ncn[nH]1. The summed E-state index contributed by atoms with van der Waals surface area (Å²) in [7, 11) is 0. The third-order valence-electron chi connectivity index (χ3n) is 1.62. The standard InChI is InChI=1S/C8H5BrFN3/c9-6-3-1-2-5(7(6)10)8-11-4-12-13-8/h1-4H,(H,11,12,13). The van der Waals surface area contributed by atoms with Crippen molar-refractivity contribution in [3.63, 3.8) is 0 Å². The first-order chi connectivity index (χ1) is 6.29. The Hall–Kier alpha value is -1.23. The highest BCUT2D eigenvalue weighted by Gasteiger charge is 2.09. The van der Waals surface area contributed by atoms with E-state index in [0.717, 1.165) is 0 Å². The van der Waals surface area contributed by atoms with Gasteiger partial charge in [0.1, 0.15) is 12.1 Å². The van der Waals surface area contributed by atoms with Crippen LogP contribution in [0.1, 0.15) is 0 Å². The zero-order chi connectivity index (χ0) is 9.26. The van der Waals surface area contributed by atoms with Crippen molar-refractivity contribution in [3.8, 4) is 11.4 Å². The summed E-state index contributed by atoms with van der Waals surface area (Å²) in [5.74, 6) is 0.0954. The van der Waals surface area contributed by atoms with E-state index in [0.29, 0.717) is 15.9 Å². The van der Waals surface area contributed by atoms with E-state index in [4.69, 9.17) is 0 Å². The van der Waals surface area contributed by atoms with Crippen LogP contribution in [0.15, 0.2) is 29.0 Å². The number of rotatable bonds is 1. The van der Waals surface area contributed by atoms with Gasteiger partial charge >= 0.3 is 0 Å². The number of H-pyrrole nitrogens is 1. The smallest absolute Gasteiger partial charge is 0.158 e. The number of halogens is 2. The van der Waals surface area contributed by atoms with Crippen molar-refractivity contribution in [2.75, 3.05) is 0 Å². The molecule has 5 heteroatoms. The lowest BCUT2D eigenvalue weighted by molar-refractivity contribution is 0.623. The third kappa shape index (κ3) is 1.47. The molecule has 0 aliphatic carbocycles. The van der Waals surface area contributed by atoms with Crippen LogP contribution in [0.2, 0.25) is 0 Å². The van der Waals surface area contributed by atoms with Crippen LogP contribution >= 0.6 is 15.9 Å². The molecule has 1 heterocycles. The predicted molar refractivity (Wildman–Crippen MR) is 49.5 cm³/mol. The fourth-order valence-corrected chi connectivity index (χ4v) is 1.39. The summed E-state index contributed by atoms with van der Waals surface area (Å²) in [6, 6.07) is 5.01. The summed E-state index contributed by atoms with van der Waals surface area (Å²) >= 11 is 3.09. The molecule has 0 saturated carbocycles. The average molecular weight is 242 g/mol. The molecule has 0 atom stereocenters. The zero-order valence-electron chi connectivity index (χ0n) is 6.46. The maximum atomic E-state index is 13.4. The molecule has 0 radical (unpaired) electrons. The van der Waals surface area contributed by atoms with Crippen LogP contribution in [-0.2, 0) is 0 Å². The minimum absolute atomic E-state index is 0.334. The molecule has 66 valence electrons. The van der Waals surface area contributed by atoms with Crippen LogP contribution < -0.4 is 0 Å². The Bertz CT molecular complexity index is 413. The minimum Gasteiger partial charge on any atom is -0.259 e. The molecule has 0 aliphatic heterocycles. The lowest BCUT2D eigenvalue weighted by Crippen LogP contribution is -1.87. The monoisotopic (exact) mass is 241 g/mol. The number of nitrogens with zero attached hydrogens (tertiary/aromatic N) is 2. The van der Waals surface area contributed by atoms with Gasteiger partial charge in [-0.15, -0.1) is 0 Å². The van der Waals surface area contributed by atoms with Gasteiger partial charge < -0.3 is 0 Å². The predicted octanol–water partition coefficient (Wildman–Crippen LogP) is 2.37. The Balaban J connectivity index is 2.59. The normalized spacial score (nSPS) is 10.3. The molecule has 0 unspecified atom stereocenters. The minimum atomic E-state index is -0.334. The second-order valence-electron chi connectivity index (χ2n) is 2.44. The van der Waals surface area contributed by atoms with E-state index in [1.165, 1.54) is 6.33 Å². The van der Waals surface area contributed by atoms with Crippen molar-refractivity contribution in [3.05, 3.63) is 34.8 Å². The molecular formula is C8H5BrFN3. The van der Waals surface area contributed by atoms with E-state index >= 15 is 0 Å². The van der Waals surface area contributed by atoms with Gasteiger partial charge in [0.25, 0.3) is 0 Å². The summed E-state index contributed by atoms with van der Waals surface area (Å²) in [5, 5.41) is 6.25. The third-order valence-corrected chi connectivity index (χ3v) is 2.23. The quantitative estimate of drug-likeness (QED) is 0.833. The molecule has 0 bridgehead atoms. The number of hydrogen-bond acceptors (Lipinski definition) is 2. The molecule has 1 aromatic carbocycles. The van der Waals surface area contributed by atoms with Gasteiger partial charge in [0.2, 0.25) is 0 Å². The molecule has 0 amide bonds. The molecule has 13 heavy (non-hydrogen) atoms. The van der Waals surface area contributed by atoms with Crippen LogP contribution in [0.25, 0.3) is 11.4 Å². The Morgan fingerprint density at radius 3 is 2.92 bits per heavy atom. The summed E-state index contributed by atoms with van der Waals surface area (Å²) < 4.78 is 13.8. The summed E-state index contributed by atoms with van der Waals surface area (Å²) in [6.07, 6.45) is 1.34. The van der Waals surface area contributed by atoms with Crippen molar-refractivity contribution in [2.24, 2.45) is 0 Å². The molecule has 0 aliphatic rings. The maximum Gasteiger partial charge on any atom is 0.158 e. The second-order valence-corrected chi connectivity index (χ2v) is 3.29. The van der Waals surface area contributed by atoms with Gasteiger partial charge in [0.15, 0.2) is 5.82 Å². The largest absolute Gasteiger partial charge is 0.259 e. The Morgan fingerprint density at radius 2 is 2.23 bits per heavy atom. The molecule has 2 rings (SSSR count). The van der Waals surface area contributed by atoms with Crippen molar-refractivity contribution < 1.29 is 4.39 Å². The van der Waals surface area contributed by atoms with E-state index in [1.54, 1.807) is 18.2 Å². The van der Waals surface area contributed by atoms with Gasteiger partial charge in [-0.05, 0) is 28.1 Å². The molecule has 1 aromatic heterocycles. The number of benzene rings is 1. The lowest BCUT2D eigenvalue weighted by atomic mass is 10.2. The van der Waals surface area contributed by atoms with E-state index in [9.17, 15) is 4.39 Å². The Labute approximate surface area is 82.1 Å². The Morgan fingerprint density at radius 1 is 1.38 bits per heavy atom. The van der Waals surface area contributed by atoms with Crippen LogP contribution in [0.4, 0.5) is 4.39 Å². The van der Waals surface area contributed by atoms with E-state index in [1.807, 2.05) is 0 Å². The first-order valence-electron chi connectivity index (χ1n) is 3.59. The van der Waals surface area contributed by atoms with Crippen LogP contribution in [0.3, 0.4) is 0 Å². The number of hydrogen-bond donors (Lipinski definition) is 1. The van der Waals surface area contributed by atoms with Gasteiger partial charge in [-0.2, -0.15) is 5.10 Å². The van der Waals surface area contributed by atoms with Gasteiger partial charge in [-0.25, -0.2) is 9.37 Å². The van der Waals surface area contributed by atoms with Crippen molar-refractivity contribution in [1.82, 2.24) is 15.2 Å². The van der Waals surface area contributed by atoms with Gasteiger partial charge in [0, 0.05) is 0 Å². The van der Waals surface area contributed by atoms with Crippen molar-refractivity contribution >= 4 is 15.9 Å². The molecule has 3 nitrogen and oxygen atoms in total. The van der Waals surface area contributed by atoms with Crippen LogP contribution in [0, 0.1) is 5.82 Å². The maximum absolute atomic E-state index is 13.4. The molecular weight excluding hydrogens is 237 g/mol. The lowest BCUT2D eigenvalue weighted by Gasteiger charge is -1.99. The Kier molecular flexibility index (Phi) is 2.10. The average Bonchev–Trinajstić information content (AvgIpc) is 2.62. The van der Waals surface area contributed by atoms with Crippen molar-refractivity contribution in [2.45, 2.75) is 0 Å². The molecule has 0 spiro atoms. The second kappa shape index (κ2) is 3.26. The van der Waals surface area contributed by atoms with Crippen LogP contribution in [0.5, 0.6) is 0 Å². The summed E-state index contributed by atoms with van der Waals surface area (Å²) in [5.41, 5.74) is 0.409. The fraction of sp³-hybridized carbons (Fsp3) is 0. The summed E-state index contributed by atoms with van der Waals surface area (Å²) in [6.45, 7) is 0. The molecule has 0 fully saturated rings. The highest BCUT2D eigenvalue weighted by atomic mass is 79.9. The number of nitrogens with one attached hydrogen (secondary N) is 1. The molecule has 0 saturated heterocycles. The highest BCUT2D eigenvalue weighted by Crippen LogP contribution is 2.24. The first kappa shape index (κ1) is 8.37. The van der Waals surface area contributed by atoms with Gasteiger partial charge in [-0.3, -0.25) is 5.10 Å². The highest BCUT2D eigenvalue weighted by molar-refractivity contribution is 9.10. The zero-order valence-corrected chi connectivity index (χ0v) is 8.05. The fourth-order valence-electron chi connectivity index (χ4n) is 1.02. The topological polar surface area (TPSA) is 41.6 Å². The number of aromatic amines is 1.